The van der Waals surface area contributed by atoms with Crippen LogP contribution < -0.4 is 5.32 Å². The van der Waals surface area contributed by atoms with E-state index in [9.17, 15) is 26.0 Å². The molecule has 0 aliphatic carbocycles. The number of sulfone groups is 1. The highest BCUT2D eigenvalue weighted by Crippen LogP contribution is 2.32. The van der Waals surface area contributed by atoms with Crippen molar-refractivity contribution < 1.29 is 26.0 Å². The Morgan fingerprint density at radius 2 is 2.00 bits per heavy atom. The van der Waals surface area contributed by atoms with Crippen LogP contribution >= 0.6 is 0 Å². The van der Waals surface area contributed by atoms with Crippen LogP contribution in [-0.4, -0.2) is 26.0 Å². The summed E-state index contributed by atoms with van der Waals surface area (Å²) in [5.41, 5.74) is -1.12. The Balaban J connectivity index is 2.10. The number of rotatable bonds is 3. The van der Waals surface area contributed by atoms with Gasteiger partial charge in [0.1, 0.15) is 5.82 Å². The summed E-state index contributed by atoms with van der Waals surface area (Å²) >= 11 is 0. The average molecular weight is 325 g/mol. The van der Waals surface area contributed by atoms with Crippen LogP contribution in [0.1, 0.15) is 24.0 Å². The first kappa shape index (κ1) is 16.2. The molecule has 0 amide bonds. The lowest BCUT2D eigenvalue weighted by atomic mass is 10.1. The Hall–Kier alpha value is -1.15. The molecule has 8 heteroatoms. The van der Waals surface area contributed by atoms with Crippen molar-refractivity contribution in [2.75, 3.05) is 11.5 Å². The molecule has 1 atom stereocenters. The molecule has 1 aliphatic rings. The van der Waals surface area contributed by atoms with Gasteiger partial charge in [0.05, 0.1) is 17.1 Å². The van der Waals surface area contributed by atoms with Gasteiger partial charge in [0.2, 0.25) is 0 Å². The van der Waals surface area contributed by atoms with Gasteiger partial charge in [0.25, 0.3) is 0 Å². The molecule has 118 valence electrons. The maximum atomic E-state index is 13.0. The number of hydrogen-bond acceptors (Lipinski definition) is 3. The summed E-state index contributed by atoms with van der Waals surface area (Å²) in [7, 11) is -3.13. The minimum atomic E-state index is -4.64. The minimum absolute atomic E-state index is 0.0739. The predicted octanol–water partition coefficient (Wildman–Crippen LogP) is 2.51. The fourth-order valence-corrected chi connectivity index (χ4v) is 4.08. The summed E-state index contributed by atoms with van der Waals surface area (Å²) < 4.78 is 74.4. The molecule has 3 nitrogen and oxygen atoms in total. The second-order valence-electron chi connectivity index (χ2n) is 5.13. The molecule has 21 heavy (non-hydrogen) atoms. The maximum absolute atomic E-state index is 13.0. The van der Waals surface area contributed by atoms with Gasteiger partial charge in [-0.05, 0) is 30.5 Å². The Kier molecular flexibility index (Phi) is 4.57. The van der Waals surface area contributed by atoms with Crippen molar-refractivity contribution in [3.8, 4) is 0 Å². The Morgan fingerprint density at radius 3 is 2.62 bits per heavy atom. The predicted molar refractivity (Wildman–Crippen MR) is 69.9 cm³/mol. The molecule has 2 rings (SSSR count). The molecule has 1 aromatic rings. The lowest BCUT2D eigenvalue weighted by Gasteiger charge is -2.24. The van der Waals surface area contributed by atoms with Crippen molar-refractivity contribution in [1.29, 1.82) is 0 Å². The Labute approximate surface area is 120 Å². The van der Waals surface area contributed by atoms with Crippen molar-refractivity contribution >= 4 is 9.84 Å². The van der Waals surface area contributed by atoms with Crippen LogP contribution in [0.5, 0.6) is 0 Å². The summed E-state index contributed by atoms with van der Waals surface area (Å²) in [6.07, 6.45) is -3.55. The number of alkyl halides is 3. The van der Waals surface area contributed by atoms with Crippen molar-refractivity contribution in [1.82, 2.24) is 5.32 Å². The zero-order valence-electron chi connectivity index (χ0n) is 11.1. The maximum Gasteiger partial charge on any atom is 0.416 e. The van der Waals surface area contributed by atoms with E-state index in [1.54, 1.807) is 0 Å². The van der Waals surface area contributed by atoms with Crippen LogP contribution in [0.4, 0.5) is 17.6 Å². The first-order chi connectivity index (χ1) is 9.67. The van der Waals surface area contributed by atoms with E-state index in [-0.39, 0.29) is 29.7 Å². The van der Waals surface area contributed by atoms with Gasteiger partial charge in [0.15, 0.2) is 9.84 Å². The van der Waals surface area contributed by atoms with Gasteiger partial charge in [-0.15, -0.1) is 0 Å². The first-order valence-corrected chi connectivity index (χ1v) is 8.29. The van der Waals surface area contributed by atoms with E-state index in [4.69, 9.17) is 0 Å². The Bertz CT molecular complexity index is 613. The molecule has 0 aromatic heterocycles. The lowest BCUT2D eigenvalue weighted by molar-refractivity contribution is -0.138. The van der Waals surface area contributed by atoms with Crippen LogP contribution in [0, 0.1) is 5.82 Å². The highest BCUT2D eigenvalue weighted by atomic mass is 32.2. The molecule has 1 saturated heterocycles. The van der Waals surface area contributed by atoms with Crippen molar-refractivity contribution in [2.45, 2.75) is 31.6 Å². The minimum Gasteiger partial charge on any atom is -0.309 e. The average Bonchev–Trinajstić information content (AvgIpc) is 2.35. The van der Waals surface area contributed by atoms with Gasteiger partial charge in [-0.25, -0.2) is 12.8 Å². The zero-order chi connectivity index (χ0) is 15.7. The standard InChI is InChI=1S/C13H15F4NO2S/c14-10-4-3-9(12(6-10)13(15,16)17)7-18-11-2-1-5-21(19,20)8-11/h3-4,6,11,18H,1-2,5,7-8H2. The molecule has 0 saturated carbocycles. The zero-order valence-corrected chi connectivity index (χ0v) is 11.9. The summed E-state index contributed by atoms with van der Waals surface area (Å²) in [5, 5.41) is 2.82. The van der Waals surface area contributed by atoms with Gasteiger partial charge < -0.3 is 5.32 Å². The highest BCUT2D eigenvalue weighted by molar-refractivity contribution is 7.91. The highest BCUT2D eigenvalue weighted by Gasteiger charge is 2.34. The third-order valence-electron chi connectivity index (χ3n) is 3.42. The van der Waals surface area contributed by atoms with E-state index >= 15 is 0 Å². The van der Waals surface area contributed by atoms with Crippen LogP contribution in [0.15, 0.2) is 18.2 Å². The van der Waals surface area contributed by atoms with Gasteiger partial charge >= 0.3 is 6.18 Å². The third kappa shape index (κ3) is 4.41. The van der Waals surface area contributed by atoms with Crippen molar-refractivity contribution in [3.05, 3.63) is 35.1 Å². The molecule has 1 heterocycles. The second kappa shape index (κ2) is 5.92. The summed E-state index contributed by atoms with van der Waals surface area (Å²) in [6, 6.07) is 2.12. The normalized spacial score (nSPS) is 22.2. The van der Waals surface area contributed by atoms with Crippen LogP contribution in [0.3, 0.4) is 0 Å². The quantitative estimate of drug-likeness (QED) is 0.869. The van der Waals surface area contributed by atoms with Gasteiger partial charge in [0, 0.05) is 12.6 Å². The Morgan fingerprint density at radius 1 is 1.29 bits per heavy atom. The fraction of sp³-hybridized carbons (Fsp3) is 0.538. The molecule has 0 radical (unpaired) electrons. The molecular weight excluding hydrogens is 310 g/mol. The largest absolute Gasteiger partial charge is 0.416 e. The number of hydrogen-bond donors (Lipinski definition) is 1. The van der Waals surface area contributed by atoms with E-state index in [1.807, 2.05) is 0 Å². The second-order valence-corrected chi connectivity index (χ2v) is 7.36. The summed E-state index contributed by atoms with van der Waals surface area (Å²) in [4.78, 5) is 0. The summed E-state index contributed by atoms with van der Waals surface area (Å²) in [6.45, 7) is -0.144. The summed E-state index contributed by atoms with van der Waals surface area (Å²) in [5.74, 6) is -0.906. The molecule has 1 unspecified atom stereocenters. The fourth-order valence-electron chi connectivity index (χ4n) is 2.40. The lowest BCUT2D eigenvalue weighted by Crippen LogP contribution is -2.40. The van der Waals surface area contributed by atoms with Crippen LogP contribution in [0.2, 0.25) is 0 Å². The van der Waals surface area contributed by atoms with E-state index in [1.165, 1.54) is 0 Å². The first-order valence-electron chi connectivity index (χ1n) is 6.47. The molecule has 1 aliphatic heterocycles. The topological polar surface area (TPSA) is 46.2 Å². The third-order valence-corrected chi connectivity index (χ3v) is 5.24. The van der Waals surface area contributed by atoms with E-state index in [0.717, 1.165) is 12.1 Å². The number of benzene rings is 1. The van der Waals surface area contributed by atoms with Crippen LogP contribution in [-0.2, 0) is 22.6 Å². The van der Waals surface area contributed by atoms with Gasteiger partial charge in [-0.3, -0.25) is 0 Å². The van der Waals surface area contributed by atoms with Gasteiger partial charge in [-0.2, -0.15) is 13.2 Å². The molecule has 0 spiro atoms. The number of halogens is 4. The van der Waals surface area contributed by atoms with Gasteiger partial charge in [-0.1, -0.05) is 6.07 Å². The molecule has 1 fully saturated rings. The molecular formula is C13H15F4NO2S. The van der Waals surface area contributed by atoms with Crippen molar-refractivity contribution in [2.24, 2.45) is 0 Å². The van der Waals surface area contributed by atoms with E-state index < -0.39 is 27.4 Å². The van der Waals surface area contributed by atoms with Crippen LogP contribution in [0.25, 0.3) is 0 Å². The molecule has 0 bridgehead atoms. The monoisotopic (exact) mass is 325 g/mol. The smallest absolute Gasteiger partial charge is 0.309 e. The van der Waals surface area contributed by atoms with Crippen molar-refractivity contribution in [3.63, 3.8) is 0 Å². The molecule has 1 N–H and O–H groups in total. The SMILES string of the molecule is O=S1(=O)CCCC(NCc2ccc(F)cc2C(F)(F)F)C1. The van der Waals surface area contributed by atoms with E-state index in [2.05, 4.69) is 5.32 Å². The van der Waals surface area contributed by atoms with E-state index in [0.29, 0.717) is 18.9 Å². The number of nitrogens with one attached hydrogen (secondary N) is 1. The molecule has 1 aromatic carbocycles.